The average Bonchev–Trinajstić information content (AvgIpc) is 2.18. The Kier molecular flexibility index (Phi) is 4.54. The molecule has 2 unspecified atom stereocenters. The van der Waals surface area contributed by atoms with Crippen LogP contribution in [0.25, 0.3) is 0 Å². The third-order valence-corrected chi connectivity index (χ3v) is 3.04. The predicted molar refractivity (Wildman–Crippen MR) is 59.5 cm³/mol. The van der Waals surface area contributed by atoms with Crippen LogP contribution in [-0.2, 0) is 4.79 Å². The van der Waals surface area contributed by atoms with Crippen LogP contribution < -0.4 is 0 Å². The number of hydrogen-bond donors (Lipinski definition) is 1. The molecule has 1 saturated heterocycles. The SMILES string of the molecule is CC1CCN(C(=O)CCN(C)C)CC1O. The van der Waals surface area contributed by atoms with Gasteiger partial charge in [-0.2, -0.15) is 0 Å². The molecule has 4 heteroatoms. The summed E-state index contributed by atoms with van der Waals surface area (Å²) in [4.78, 5) is 15.5. The molecular weight excluding hydrogens is 192 g/mol. The van der Waals surface area contributed by atoms with E-state index >= 15 is 0 Å². The summed E-state index contributed by atoms with van der Waals surface area (Å²) in [5, 5.41) is 9.67. The van der Waals surface area contributed by atoms with Crippen LogP contribution in [-0.4, -0.2) is 60.6 Å². The van der Waals surface area contributed by atoms with E-state index in [1.54, 1.807) is 4.90 Å². The zero-order chi connectivity index (χ0) is 11.4. The summed E-state index contributed by atoms with van der Waals surface area (Å²) in [6, 6.07) is 0. The molecule has 0 aromatic heterocycles. The molecule has 1 aliphatic rings. The van der Waals surface area contributed by atoms with Gasteiger partial charge in [0.25, 0.3) is 0 Å². The molecule has 1 N–H and O–H groups in total. The summed E-state index contributed by atoms with van der Waals surface area (Å²) in [5.41, 5.74) is 0. The second-order valence-electron chi connectivity index (χ2n) is 4.73. The van der Waals surface area contributed by atoms with Crippen LogP contribution in [0.5, 0.6) is 0 Å². The van der Waals surface area contributed by atoms with Crippen LogP contribution >= 0.6 is 0 Å². The number of hydrogen-bond acceptors (Lipinski definition) is 3. The first kappa shape index (κ1) is 12.5. The number of amides is 1. The molecule has 2 atom stereocenters. The van der Waals surface area contributed by atoms with Gasteiger partial charge >= 0.3 is 0 Å². The fourth-order valence-corrected chi connectivity index (χ4v) is 1.75. The lowest BCUT2D eigenvalue weighted by Crippen LogP contribution is -2.46. The molecule has 0 aromatic carbocycles. The van der Waals surface area contributed by atoms with Crippen LogP contribution in [0.1, 0.15) is 19.8 Å². The third-order valence-electron chi connectivity index (χ3n) is 3.04. The molecule has 15 heavy (non-hydrogen) atoms. The summed E-state index contributed by atoms with van der Waals surface area (Å²) in [7, 11) is 3.92. The van der Waals surface area contributed by atoms with Gasteiger partial charge in [-0.15, -0.1) is 0 Å². The topological polar surface area (TPSA) is 43.8 Å². The van der Waals surface area contributed by atoms with Gasteiger partial charge in [0, 0.05) is 26.1 Å². The smallest absolute Gasteiger partial charge is 0.223 e. The highest BCUT2D eigenvalue weighted by Crippen LogP contribution is 2.17. The maximum Gasteiger partial charge on any atom is 0.223 e. The van der Waals surface area contributed by atoms with E-state index in [0.717, 1.165) is 19.5 Å². The Labute approximate surface area is 91.9 Å². The standard InChI is InChI=1S/C11H22N2O2/c1-9-4-7-13(8-10(9)14)11(15)5-6-12(2)3/h9-10,14H,4-8H2,1-3H3. The third kappa shape index (κ3) is 3.80. The van der Waals surface area contributed by atoms with Gasteiger partial charge in [0.1, 0.15) is 0 Å². The summed E-state index contributed by atoms with van der Waals surface area (Å²) >= 11 is 0. The average molecular weight is 214 g/mol. The lowest BCUT2D eigenvalue weighted by Gasteiger charge is -2.34. The van der Waals surface area contributed by atoms with E-state index in [2.05, 4.69) is 0 Å². The monoisotopic (exact) mass is 214 g/mol. The summed E-state index contributed by atoms with van der Waals surface area (Å²) in [6.45, 7) is 4.12. The molecule has 1 amide bonds. The van der Waals surface area contributed by atoms with Crippen molar-refractivity contribution in [2.45, 2.75) is 25.9 Å². The maximum absolute atomic E-state index is 11.7. The van der Waals surface area contributed by atoms with Crippen LogP contribution in [0.2, 0.25) is 0 Å². The molecule has 4 nitrogen and oxygen atoms in total. The van der Waals surface area contributed by atoms with Gasteiger partial charge < -0.3 is 14.9 Å². The van der Waals surface area contributed by atoms with Gasteiger partial charge in [-0.1, -0.05) is 6.92 Å². The minimum absolute atomic E-state index is 0.162. The molecule has 1 aliphatic heterocycles. The number of nitrogens with zero attached hydrogens (tertiary/aromatic N) is 2. The van der Waals surface area contributed by atoms with E-state index < -0.39 is 0 Å². The van der Waals surface area contributed by atoms with Gasteiger partial charge in [-0.05, 0) is 26.4 Å². The molecule has 0 radical (unpaired) electrons. The van der Waals surface area contributed by atoms with Gasteiger partial charge in [0.15, 0.2) is 0 Å². The van der Waals surface area contributed by atoms with Gasteiger partial charge in [0.2, 0.25) is 5.91 Å². The van der Waals surface area contributed by atoms with Gasteiger partial charge in [0.05, 0.1) is 6.10 Å². The molecule has 0 saturated carbocycles. The largest absolute Gasteiger partial charge is 0.391 e. The van der Waals surface area contributed by atoms with Crippen LogP contribution in [0.15, 0.2) is 0 Å². The predicted octanol–water partition coefficient (Wildman–Crippen LogP) is 0.167. The molecule has 1 heterocycles. The van der Waals surface area contributed by atoms with Crippen molar-refractivity contribution in [2.24, 2.45) is 5.92 Å². The zero-order valence-corrected chi connectivity index (χ0v) is 9.94. The van der Waals surface area contributed by atoms with E-state index in [4.69, 9.17) is 0 Å². The highest BCUT2D eigenvalue weighted by molar-refractivity contribution is 5.76. The molecule has 0 bridgehead atoms. The first-order valence-electron chi connectivity index (χ1n) is 5.61. The number of rotatable bonds is 3. The van der Waals surface area contributed by atoms with Crippen molar-refractivity contribution in [1.82, 2.24) is 9.80 Å². The molecular formula is C11H22N2O2. The highest BCUT2D eigenvalue weighted by atomic mass is 16.3. The minimum atomic E-state index is -0.345. The molecule has 0 spiro atoms. The Balaban J connectivity index is 2.34. The Hall–Kier alpha value is -0.610. The zero-order valence-electron chi connectivity index (χ0n) is 9.94. The summed E-state index contributed by atoms with van der Waals surface area (Å²) in [6.07, 6.45) is 1.12. The van der Waals surface area contributed by atoms with E-state index in [1.165, 1.54) is 0 Å². The van der Waals surface area contributed by atoms with Crippen LogP contribution in [0, 0.1) is 5.92 Å². The number of β-amino-alcohol motifs (C(OH)–C–C–N with tert-alkyl or cyclic N) is 1. The second kappa shape index (κ2) is 5.47. The fraction of sp³-hybridized carbons (Fsp3) is 0.909. The molecule has 0 aromatic rings. The Bertz CT molecular complexity index is 219. The van der Waals surface area contributed by atoms with E-state index in [-0.39, 0.29) is 12.0 Å². The van der Waals surface area contributed by atoms with Crippen molar-refractivity contribution in [1.29, 1.82) is 0 Å². The van der Waals surface area contributed by atoms with E-state index in [9.17, 15) is 9.90 Å². The van der Waals surface area contributed by atoms with Crippen molar-refractivity contribution >= 4 is 5.91 Å². The van der Waals surface area contributed by atoms with Gasteiger partial charge in [-0.3, -0.25) is 4.79 Å². The number of carbonyl (C=O) groups is 1. The number of carbonyl (C=O) groups excluding carboxylic acids is 1. The van der Waals surface area contributed by atoms with Crippen molar-refractivity contribution in [3.8, 4) is 0 Å². The number of aliphatic hydroxyl groups excluding tert-OH is 1. The Morgan fingerprint density at radius 3 is 2.73 bits per heavy atom. The minimum Gasteiger partial charge on any atom is -0.391 e. The van der Waals surface area contributed by atoms with Crippen molar-refractivity contribution in [2.75, 3.05) is 33.7 Å². The van der Waals surface area contributed by atoms with E-state index in [0.29, 0.717) is 18.9 Å². The molecule has 1 rings (SSSR count). The lowest BCUT2D eigenvalue weighted by atomic mass is 9.96. The summed E-state index contributed by atoms with van der Waals surface area (Å²) < 4.78 is 0. The summed E-state index contributed by atoms with van der Waals surface area (Å²) in [5.74, 6) is 0.484. The fourth-order valence-electron chi connectivity index (χ4n) is 1.75. The number of piperidine rings is 1. The Morgan fingerprint density at radius 1 is 1.53 bits per heavy atom. The molecule has 0 aliphatic carbocycles. The molecule has 1 fully saturated rings. The Morgan fingerprint density at radius 2 is 2.20 bits per heavy atom. The van der Waals surface area contributed by atoms with Crippen molar-refractivity contribution in [3.63, 3.8) is 0 Å². The molecule has 88 valence electrons. The van der Waals surface area contributed by atoms with Crippen LogP contribution in [0.4, 0.5) is 0 Å². The van der Waals surface area contributed by atoms with Crippen molar-refractivity contribution in [3.05, 3.63) is 0 Å². The number of aliphatic hydroxyl groups is 1. The maximum atomic E-state index is 11.7. The van der Waals surface area contributed by atoms with Crippen LogP contribution in [0.3, 0.4) is 0 Å². The van der Waals surface area contributed by atoms with Crippen molar-refractivity contribution < 1.29 is 9.90 Å². The number of likely N-dealkylation sites (tertiary alicyclic amines) is 1. The lowest BCUT2D eigenvalue weighted by molar-refractivity contribution is -0.135. The van der Waals surface area contributed by atoms with E-state index in [1.807, 2.05) is 25.9 Å². The normalized spacial score (nSPS) is 27.1. The second-order valence-corrected chi connectivity index (χ2v) is 4.73. The first-order chi connectivity index (χ1) is 7.00. The first-order valence-corrected chi connectivity index (χ1v) is 5.61. The quantitative estimate of drug-likeness (QED) is 0.728. The van der Waals surface area contributed by atoms with Gasteiger partial charge in [-0.25, -0.2) is 0 Å². The highest BCUT2D eigenvalue weighted by Gasteiger charge is 2.26.